The zero-order valence-electron chi connectivity index (χ0n) is 10.3. The second kappa shape index (κ2) is 5.49. The molecule has 7 nitrogen and oxygen atoms in total. The molecule has 0 aliphatic rings. The van der Waals surface area contributed by atoms with Crippen LogP contribution in [0.3, 0.4) is 0 Å². The average molecular weight is 294 g/mol. The molecule has 1 aromatic carbocycles. The summed E-state index contributed by atoms with van der Waals surface area (Å²) in [6.07, 6.45) is 1.31. The largest absolute Gasteiger partial charge is 0.435 e. The van der Waals surface area contributed by atoms with Gasteiger partial charge >= 0.3 is 5.69 Å². The molecule has 0 aliphatic carbocycles. The number of nitrogens with one attached hydrogen (secondary N) is 1. The van der Waals surface area contributed by atoms with Crippen molar-refractivity contribution in [2.75, 3.05) is 0 Å². The summed E-state index contributed by atoms with van der Waals surface area (Å²) < 4.78 is 32.2. The first-order chi connectivity index (χ1) is 9.90. The van der Waals surface area contributed by atoms with Crippen molar-refractivity contribution in [1.82, 2.24) is 4.98 Å². The van der Waals surface area contributed by atoms with Crippen molar-refractivity contribution < 1.29 is 18.4 Å². The van der Waals surface area contributed by atoms with Crippen LogP contribution in [-0.4, -0.2) is 15.7 Å². The van der Waals surface area contributed by atoms with Crippen LogP contribution in [0.1, 0.15) is 5.56 Å². The lowest BCUT2D eigenvalue weighted by molar-refractivity contribution is -0.387. The summed E-state index contributed by atoms with van der Waals surface area (Å²) in [5, 5.41) is 17.8. The molecule has 0 saturated carbocycles. The SMILES string of the molecule is N=C(N)c1cccnc1Oc1cc(F)c([N+](=O)[O-])cc1F. The summed E-state index contributed by atoms with van der Waals surface area (Å²) in [4.78, 5) is 13.2. The van der Waals surface area contributed by atoms with Crippen LogP contribution >= 0.6 is 0 Å². The number of benzene rings is 1. The molecule has 21 heavy (non-hydrogen) atoms. The number of rotatable bonds is 4. The zero-order valence-corrected chi connectivity index (χ0v) is 10.3. The van der Waals surface area contributed by atoms with Crippen LogP contribution in [0.5, 0.6) is 11.6 Å². The Morgan fingerprint density at radius 1 is 1.38 bits per heavy atom. The number of aromatic nitrogens is 1. The number of ether oxygens (including phenoxy) is 1. The first-order valence-electron chi connectivity index (χ1n) is 5.51. The van der Waals surface area contributed by atoms with Gasteiger partial charge < -0.3 is 10.5 Å². The number of pyridine rings is 1. The quantitative estimate of drug-likeness (QED) is 0.388. The van der Waals surface area contributed by atoms with Crippen LogP contribution < -0.4 is 10.5 Å². The Bertz CT molecular complexity index is 736. The summed E-state index contributed by atoms with van der Waals surface area (Å²) >= 11 is 0. The molecule has 3 N–H and O–H groups in total. The van der Waals surface area contributed by atoms with Crippen LogP contribution in [0.2, 0.25) is 0 Å². The second-order valence-electron chi connectivity index (χ2n) is 3.86. The van der Waals surface area contributed by atoms with E-state index in [9.17, 15) is 18.9 Å². The Kier molecular flexibility index (Phi) is 3.74. The third-order valence-corrected chi connectivity index (χ3v) is 2.47. The van der Waals surface area contributed by atoms with E-state index in [1.54, 1.807) is 0 Å². The van der Waals surface area contributed by atoms with Crippen molar-refractivity contribution in [2.45, 2.75) is 0 Å². The number of nitrogen functional groups attached to an aromatic ring is 1. The molecule has 9 heteroatoms. The molecule has 0 aliphatic heterocycles. The number of nitro benzene ring substituents is 1. The predicted molar refractivity (Wildman–Crippen MR) is 68.3 cm³/mol. The minimum absolute atomic E-state index is 0.0793. The van der Waals surface area contributed by atoms with E-state index in [1.807, 2.05) is 0 Å². The third kappa shape index (κ3) is 2.91. The topological polar surface area (TPSA) is 115 Å². The van der Waals surface area contributed by atoms with Crippen molar-refractivity contribution in [3.63, 3.8) is 0 Å². The van der Waals surface area contributed by atoms with Gasteiger partial charge in [-0.25, -0.2) is 9.37 Å². The minimum Gasteiger partial charge on any atom is -0.435 e. The van der Waals surface area contributed by atoms with Gasteiger partial charge in [-0.1, -0.05) is 0 Å². The van der Waals surface area contributed by atoms with Gasteiger partial charge in [-0.3, -0.25) is 15.5 Å². The Hall–Kier alpha value is -3.10. The van der Waals surface area contributed by atoms with Gasteiger partial charge in [-0.15, -0.1) is 0 Å². The molecule has 2 rings (SSSR count). The smallest absolute Gasteiger partial charge is 0.307 e. The molecule has 1 aromatic heterocycles. The van der Waals surface area contributed by atoms with Gasteiger partial charge in [0.25, 0.3) is 0 Å². The molecule has 0 atom stereocenters. The number of halogens is 2. The average Bonchev–Trinajstić information content (AvgIpc) is 2.42. The van der Waals surface area contributed by atoms with Gasteiger partial charge in [0.2, 0.25) is 11.7 Å². The zero-order chi connectivity index (χ0) is 15.6. The summed E-state index contributed by atoms with van der Waals surface area (Å²) in [5.41, 5.74) is 4.38. The number of nitro groups is 1. The standard InChI is InChI=1S/C12H8F2N4O3/c13-7-5-10(8(14)4-9(7)18(19)20)21-12-6(11(15)16)2-1-3-17-12/h1-5H,(H3,15,16). The fraction of sp³-hybridized carbons (Fsp3) is 0. The fourth-order valence-electron chi connectivity index (χ4n) is 1.52. The van der Waals surface area contributed by atoms with E-state index in [0.717, 1.165) is 0 Å². The molecule has 1 heterocycles. The van der Waals surface area contributed by atoms with E-state index >= 15 is 0 Å². The molecule has 2 aromatic rings. The summed E-state index contributed by atoms with van der Waals surface area (Å²) in [6, 6.07) is 3.83. The number of hydrogen-bond acceptors (Lipinski definition) is 5. The van der Waals surface area contributed by atoms with Crippen molar-refractivity contribution in [2.24, 2.45) is 5.73 Å². The van der Waals surface area contributed by atoms with Crippen LogP contribution in [-0.2, 0) is 0 Å². The van der Waals surface area contributed by atoms with Gasteiger partial charge in [0.1, 0.15) is 5.84 Å². The van der Waals surface area contributed by atoms with E-state index < -0.39 is 28.0 Å². The molecular formula is C12H8F2N4O3. The number of nitrogens with two attached hydrogens (primary N) is 1. The van der Waals surface area contributed by atoms with Crippen LogP contribution in [0.4, 0.5) is 14.5 Å². The predicted octanol–water partition coefficient (Wildman–Crippen LogP) is 2.34. The third-order valence-electron chi connectivity index (χ3n) is 2.47. The van der Waals surface area contributed by atoms with Gasteiger partial charge in [0, 0.05) is 12.3 Å². The molecule has 0 unspecified atom stereocenters. The molecule has 0 saturated heterocycles. The maximum absolute atomic E-state index is 13.7. The number of amidine groups is 1. The lowest BCUT2D eigenvalue weighted by Crippen LogP contribution is -2.13. The molecular weight excluding hydrogens is 286 g/mol. The highest BCUT2D eigenvalue weighted by Crippen LogP contribution is 2.30. The fourth-order valence-corrected chi connectivity index (χ4v) is 1.52. The van der Waals surface area contributed by atoms with Gasteiger partial charge in [0.15, 0.2) is 11.6 Å². The number of nitrogens with zero attached hydrogens (tertiary/aromatic N) is 2. The van der Waals surface area contributed by atoms with Crippen molar-refractivity contribution in [1.29, 1.82) is 5.41 Å². The minimum atomic E-state index is -1.25. The van der Waals surface area contributed by atoms with E-state index in [1.165, 1.54) is 18.3 Å². The Morgan fingerprint density at radius 2 is 2.10 bits per heavy atom. The molecule has 0 bridgehead atoms. The van der Waals surface area contributed by atoms with Crippen molar-refractivity contribution in [3.8, 4) is 11.6 Å². The lowest BCUT2D eigenvalue weighted by atomic mass is 10.2. The maximum Gasteiger partial charge on any atom is 0.307 e. The number of hydrogen-bond donors (Lipinski definition) is 2. The summed E-state index contributed by atoms with van der Waals surface area (Å²) in [5.74, 6) is -3.57. The lowest BCUT2D eigenvalue weighted by Gasteiger charge is -2.09. The highest BCUT2D eigenvalue weighted by atomic mass is 19.1. The van der Waals surface area contributed by atoms with E-state index in [2.05, 4.69) is 4.98 Å². The monoisotopic (exact) mass is 294 g/mol. The van der Waals surface area contributed by atoms with Crippen molar-refractivity contribution in [3.05, 3.63) is 57.8 Å². The van der Waals surface area contributed by atoms with Crippen LogP contribution in [0.15, 0.2) is 30.5 Å². The molecule has 108 valence electrons. The van der Waals surface area contributed by atoms with E-state index in [0.29, 0.717) is 12.1 Å². The second-order valence-corrected chi connectivity index (χ2v) is 3.86. The maximum atomic E-state index is 13.7. The Morgan fingerprint density at radius 3 is 2.71 bits per heavy atom. The summed E-state index contributed by atoms with van der Waals surface area (Å²) in [7, 11) is 0. The molecule has 0 radical (unpaired) electrons. The van der Waals surface area contributed by atoms with Crippen molar-refractivity contribution >= 4 is 11.5 Å². The van der Waals surface area contributed by atoms with Crippen LogP contribution in [0.25, 0.3) is 0 Å². The van der Waals surface area contributed by atoms with Gasteiger partial charge in [-0.05, 0) is 12.1 Å². The van der Waals surface area contributed by atoms with E-state index in [4.69, 9.17) is 15.9 Å². The Balaban J connectivity index is 2.44. The Labute approximate surface area is 116 Å². The van der Waals surface area contributed by atoms with Crippen LogP contribution in [0, 0.1) is 27.2 Å². The molecule has 0 spiro atoms. The first kappa shape index (κ1) is 14.3. The molecule has 0 fully saturated rings. The highest BCUT2D eigenvalue weighted by Gasteiger charge is 2.20. The van der Waals surface area contributed by atoms with Gasteiger partial charge in [0.05, 0.1) is 16.6 Å². The molecule has 0 amide bonds. The highest BCUT2D eigenvalue weighted by molar-refractivity contribution is 5.97. The summed E-state index contributed by atoms with van der Waals surface area (Å²) in [6.45, 7) is 0. The normalized spacial score (nSPS) is 10.2. The first-order valence-corrected chi connectivity index (χ1v) is 5.51. The van der Waals surface area contributed by atoms with E-state index in [-0.39, 0.29) is 17.3 Å². The van der Waals surface area contributed by atoms with Gasteiger partial charge in [-0.2, -0.15) is 4.39 Å².